The maximum absolute atomic E-state index is 11.2. The molecule has 1 rings (SSSR count). The number of pyridine rings is 1. The summed E-state index contributed by atoms with van der Waals surface area (Å²) in [4.78, 5) is 17.8. The lowest BCUT2D eigenvalue weighted by Crippen LogP contribution is -2.32. The third-order valence-electron chi connectivity index (χ3n) is 2.86. The maximum Gasteiger partial charge on any atom is 0.335 e. The van der Waals surface area contributed by atoms with Crippen LogP contribution in [-0.2, 0) is 6.42 Å². The Kier molecular flexibility index (Phi) is 5.55. The van der Waals surface area contributed by atoms with Crippen LogP contribution < -0.4 is 4.90 Å². The summed E-state index contributed by atoms with van der Waals surface area (Å²) in [6.45, 7) is 10.6. The summed E-state index contributed by atoms with van der Waals surface area (Å²) in [6.07, 6.45) is 3.53. The molecule has 1 N–H and O–H groups in total. The molecule has 0 aliphatic heterocycles. The zero-order valence-electron chi connectivity index (χ0n) is 11.9. The quantitative estimate of drug-likeness (QED) is 0.767. The first kappa shape index (κ1) is 15.2. The van der Waals surface area contributed by atoms with E-state index in [1.165, 1.54) is 0 Å². The number of aromatic carboxylic acids is 1. The molecule has 0 bridgehead atoms. The summed E-state index contributed by atoms with van der Waals surface area (Å²) in [5.41, 5.74) is 1.12. The molecular weight excluding hydrogens is 240 g/mol. The Balaban J connectivity index is 3.23. The van der Waals surface area contributed by atoms with Gasteiger partial charge in [-0.2, -0.15) is 0 Å². The van der Waals surface area contributed by atoms with E-state index >= 15 is 0 Å². The zero-order valence-corrected chi connectivity index (χ0v) is 11.9. The van der Waals surface area contributed by atoms with Crippen LogP contribution in [0.4, 0.5) is 5.82 Å². The van der Waals surface area contributed by atoms with Gasteiger partial charge < -0.3 is 10.0 Å². The van der Waals surface area contributed by atoms with Gasteiger partial charge in [0.05, 0.1) is 5.56 Å². The standard InChI is InChI=1S/C15H22N2O2/c1-5-7-13-9-12(15(18)19)10-14(16-13)17(8-6-2)11(3)4/h6,9-11H,2,5,7-8H2,1,3-4H3,(H,18,19). The van der Waals surface area contributed by atoms with Crippen molar-refractivity contribution >= 4 is 11.8 Å². The van der Waals surface area contributed by atoms with E-state index in [4.69, 9.17) is 0 Å². The molecule has 0 amide bonds. The third-order valence-corrected chi connectivity index (χ3v) is 2.86. The van der Waals surface area contributed by atoms with E-state index in [0.717, 1.165) is 18.5 Å². The Morgan fingerprint density at radius 3 is 2.68 bits per heavy atom. The van der Waals surface area contributed by atoms with Crippen LogP contribution in [0, 0.1) is 0 Å². The van der Waals surface area contributed by atoms with Crippen LogP contribution in [0.25, 0.3) is 0 Å². The van der Waals surface area contributed by atoms with E-state index in [1.807, 2.05) is 4.90 Å². The summed E-state index contributed by atoms with van der Waals surface area (Å²) >= 11 is 0. The molecule has 1 aromatic rings. The summed E-state index contributed by atoms with van der Waals surface area (Å²) in [5, 5.41) is 9.19. The molecule has 0 aliphatic carbocycles. The lowest BCUT2D eigenvalue weighted by Gasteiger charge is -2.27. The maximum atomic E-state index is 11.2. The second-order valence-electron chi connectivity index (χ2n) is 4.80. The van der Waals surface area contributed by atoms with Crippen LogP contribution in [0.15, 0.2) is 24.8 Å². The highest BCUT2D eigenvalue weighted by Crippen LogP contribution is 2.18. The molecule has 0 fully saturated rings. The van der Waals surface area contributed by atoms with E-state index in [1.54, 1.807) is 18.2 Å². The van der Waals surface area contributed by atoms with E-state index in [0.29, 0.717) is 17.9 Å². The van der Waals surface area contributed by atoms with Crippen molar-refractivity contribution in [3.8, 4) is 0 Å². The SMILES string of the molecule is C=CCN(c1cc(C(=O)O)cc(CCC)n1)C(C)C. The predicted molar refractivity (Wildman–Crippen MR) is 77.9 cm³/mol. The first-order chi connectivity index (χ1) is 8.99. The second-order valence-corrected chi connectivity index (χ2v) is 4.80. The second kappa shape index (κ2) is 6.92. The molecule has 0 unspecified atom stereocenters. The predicted octanol–water partition coefficient (Wildman–Crippen LogP) is 3.13. The van der Waals surface area contributed by atoms with Gasteiger partial charge in [-0.1, -0.05) is 19.4 Å². The van der Waals surface area contributed by atoms with E-state index < -0.39 is 5.97 Å². The van der Waals surface area contributed by atoms with Gasteiger partial charge in [0.2, 0.25) is 0 Å². The van der Waals surface area contributed by atoms with Crippen molar-refractivity contribution in [3.05, 3.63) is 36.0 Å². The molecule has 4 heteroatoms. The van der Waals surface area contributed by atoms with Crippen LogP contribution in [-0.4, -0.2) is 28.6 Å². The van der Waals surface area contributed by atoms with E-state index in [9.17, 15) is 9.90 Å². The number of aryl methyl sites for hydroxylation is 1. The highest BCUT2D eigenvalue weighted by Gasteiger charge is 2.15. The average Bonchev–Trinajstić information content (AvgIpc) is 2.35. The first-order valence-electron chi connectivity index (χ1n) is 6.61. The number of nitrogens with zero attached hydrogens (tertiary/aromatic N) is 2. The van der Waals surface area contributed by atoms with Gasteiger partial charge in [-0.05, 0) is 32.4 Å². The zero-order chi connectivity index (χ0) is 14.4. The number of hydrogen-bond acceptors (Lipinski definition) is 3. The summed E-state index contributed by atoms with van der Waals surface area (Å²) < 4.78 is 0. The van der Waals surface area contributed by atoms with Gasteiger partial charge in [0.1, 0.15) is 5.82 Å². The molecule has 0 aromatic carbocycles. The molecule has 104 valence electrons. The van der Waals surface area contributed by atoms with Gasteiger partial charge in [-0.25, -0.2) is 9.78 Å². The number of carboxylic acids is 1. The van der Waals surface area contributed by atoms with Crippen molar-refractivity contribution in [2.75, 3.05) is 11.4 Å². The smallest absolute Gasteiger partial charge is 0.335 e. The summed E-state index contributed by atoms with van der Waals surface area (Å²) in [6, 6.07) is 3.52. The van der Waals surface area contributed by atoms with E-state index in [2.05, 4.69) is 32.3 Å². The number of rotatable bonds is 7. The van der Waals surface area contributed by atoms with Crippen LogP contribution in [0.5, 0.6) is 0 Å². The number of carboxylic acid groups (broad SMARTS) is 1. The Hall–Kier alpha value is -1.84. The van der Waals surface area contributed by atoms with Crippen LogP contribution in [0.3, 0.4) is 0 Å². The molecule has 0 saturated carbocycles. The number of hydrogen-bond donors (Lipinski definition) is 1. The van der Waals surface area contributed by atoms with Gasteiger partial charge in [0.25, 0.3) is 0 Å². The number of aromatic nitrogens is 1. The molecule has 1 heterocycles. The molecule has 0 spiro atoms. The normalized spacial score (nSPS) is 10.5. The van der Waals surface area contributed by atoms with Gasteiger partial charge in [-0.15, -0.1) is 6.58 Å². The fourth-order valence-corrected chi connectivity index (χ4v) is 1.93. The Labute approximate surface area is 114 Å². The molecule has 4 nitrogen and oxygen atoms in total. The van der Waals surface area contributed by atoms with Gasteiger partial charge in [-0.3, -0.25) is 0 Å². The van der Waals surface area contributed by atoms with Crippen molar-refractivity contribution in [2.45, 2.75) is 39.7 Å². The van der Waals surface area contributed by atoms with Gasteiger partial charge >= 0.3 is 5.97 Å². The Bertz CT molecular complexity index is 455. The van der Waals surface area contributed by atoms with Crippen LogP contribution >= 0.6 is 0 Å². The topological polar surface area (TPSA) is 53.4 Å². The van der Waals surface area contributed by atoms with Crippen molar-refractivity contribution in [1.29, 1.82) is 0 Å². The van der Waals surface area contributed by atoms with Crippen molar-refractivity contribution in [1.82, 2.24) is 4.98 Å². The average molecular weight is 262 g/mol. The van der Waals surface area contributed by atoms with Gasteiger partial charge in [0.15, 0.2) is 0 Å². The van der Waals surface area contributed by atoms with Crippen LogP contribution in [0.2, 0.25) is 0 Å². The number of carbonyl (C=O) groups is 1. The minimum absolute atomic E-state index is 0.240. The van der Waals surface area contributed by atoms with Gasteiger partial charge in [0, 0.05) is 18.3 Å². The molecule has 0 aliphatic rings. The summed E-state index contributed by atoms with van der Waals surface area (Å²) in [7, 11) is 0. The lowest BCUT2D eigenvalue weighted by atomic mass is 10.1. The molecule has 0 atom stereocenters. The third kappa shape index (κ3) is 4.09. The molecule has 1 aromatic heterocycles. The number of anilines is 1. The fraction of sp³-hybridized carbons (Fsp3) is 0.467. The van der Waals surface area contributed by atoms with Crippen LogP contribution in [0.1, 0.15) is 43.2 Å². The lowest BCUT2D eigenvalue weighted by molar-refractivity contribution is 0.0696. The highest BCUT2D eigenvalue weighted by molar-refractivity contribution is 5.88. The van der Waals surface area contributed by atoms with Crippen molar-refractivity contribution in [2.24, 2.45) is 0 Å². The Morgan fingerprint density at radius 2 is 2.21 bits per heavy atom. The summed E-state index contributed by atoms with van der Waals surface area (Å²) in [5.74, 6) is -0.207. The Morgan fingerprint density at radius 1 is 1.53 bits per heavy atom. The molecule has 0 saturated heterocycles. The van der Waals surface area contributed by atoms with Crippen molar-refractivity contribution < 1.29 is 9.90 Å². The van der Waals surface area contributed by atoms with E-state index in [-0.39, 0.29) is 6.04 Å². The molecule has 0 radical (unpaired) electrons. The fourth-order valence-electron chi connectivity index (χ4n) is 1.93. The largest absolute Gasteiger partial charge is 0.478 e. The minimum atomic E-state index is -0.914. The van der Waals surface area contributed by atoms with Crippen molar-refractivity contribution in [3.63, 3.8) is 0 Å². The molecular formula is C15H22N2O2. The first-order valence-corrected chi connectivity index (χ1v) is 6.61. The monoisotopic (exact) mass is 262 g/mol. The highest BCUT2D eigenvalue weighted by atomic mass is 16.4. The molecule has 19 heavy (non-hydrogen) atoms. The minimum Gasteiger partial charge on any atom is -0.478 e.